The number of alkyl halides is 3. The molecule has 1 N–H and O–H groups in total. The Morgan fingerprint density at radius 1 is 1.24 bits per heavy atom. The predicted octanol–water partition coefficient (Wildman–Crippen LogP) is 3.24. The van der Waals surface area contributed by atoms with Crippen molar-refractivity contribution in [2.45, 2.75) is 26.6 Å². The Kier molecular flexibility index (Phi) is 4.02. The summed E-state index contributed by atoms with van der Waals surface area (Å²) in [4.78, 5) is 11.9. The van der Waals surface area contributed by atoms with Crippen molar-refractivity contribution in [1.29, 1.82) is 0 Å². The van der Waals surface area contributed by atoms with Crippen LogP contribution in [-0.2, 0) is 12.7 Å². The lowest BCUT2D eigenvalue weighted by atomic mass is 10.1. The van der Waals surface area contributed by atoms with Crippen LogP contribution in [0.5, 0.6) is 0 Å². The topological polar surface area (TPSA) is 55.1 Å². The lowest BCUT2D eigenvalue weighted by Crippen LogP contribution is -2.23. The molecule has 1 aromatic carbocycles. The van der Waals surface area contributed by atoms with Crippen LogP contribution in [0.2, 0.25) is 0 Å². The van der Waals surface area contributed by atoms with Gasteiger partial charge in [-0.15, -0.1) is 0 Å². The first-order chi connectivity index (χ1) is 9.79. The summed E-state index contributed by atoms with van der Waals surface area (Å²) in [6.07, 6.45) is -4.41. The van der Waals surface area contributed by atoms with E-state index < -0.39 is 17.6 Å². The molecule has 7 heteroatoms. The molecule has 21 heavy (non-hydrogen) atoms. The predicted molar refractivity (Wildman–Crippen MR) is 68.6 cm³/mol. The molecule has 0 saturated heterocycles. The average Bonchev–Trinajstić information content (AvgIpc) is 2.75. The van der Waals surface area contributed by atoms with Crippen LogP contribution in [-0.4, -0.2) is 11.1 Å². The molecule has 2 rings (SSSR count). The monoisotopic (exact) mass is 298 g/mol. The van der Waals surface area contributed by atoms with Gasteiger partial charge in [-0.2, -0.15) is 13.2 Å². The molecule has 0 aliphatic carbocycles. The quantitative estimate of drug-likeness (QED) is 0.946. The van der Waals surface area contributed by atoms with E-state index in [2.05, 4.69) is 10.5 Å². The summed E-state index contributed by atoms with van der Waals surface area (Å²) in [5.74, 6) is 0.143. The van der Waals surface area contributed by atoms with Crippen LogP contribution in [0.25, 0.3) is 0 Å². The number of carbonyl (C=O) groups excluding carboxylic acids is 1. The third kappa shape index (κ3) is 3.42. The van der Waals surface area contributed by atoms with Crippen LogP contribution < -0.4 is 5.32 Å². The largest absolute Gasteiger partial charge is 0.416 e. The Hall–Kier alpha value is -2.31. The summed E-state index contributed by atoms with van der Waals surface area (Å²) in [6.45, 7) is 3.68. The van der Waals surface area contributed by atoms with Crippen molar-refractivity contribution in [3.63, 3.8) is 0 Å². The number of halogens is 3. The van der Waals surface area contributed by atoms with E-state index >= 15 is 0 Å². The van der Waals surface area contributed by atoms with E-state index in [-0.39, 0.29) is 12.1 Å². The maximum Gasteiger partial charge on any atom is 0.416 e. The fourth-order valence-electron chi connectivity index (χ4n) is 1.84. The lowest BCUT2D eigenvalue weighted by Gasteiger charge is -2.08. The van der Waals surface area contributed by atoms with E-state index in [1.54, 1.807) is 13.8 Å². The van der Waals surface area contributed by atoms with Gasteiger partial charge in [0.25, 0.3) is 5.91 Å². The van der Waals surface area contributed by atoms with E-state index in [1.165, 1.54) is 0 Å². The number of nitrogens with one attached hydrogen (secondary N) is 1. The summed E-state index contributed by atoms with van der Waals surface area (Å²) < 4.78 is 42.2. The van der Waals surface area contributed by atoms with Crippen molar-refractivity contribution in [1.82, 2.24) is 10.5 Å². The maximum atomic E-state index is 12.4. The van der Waals surface area contributed by atoms with Crippen molar-refractivity contribution >= 4 is 5.91 Å². The van der Waals surface area contributed by atoms with E-state index in [9.17, 15) is 18.0 Å². The Morgan fingerprint density at radius 3 is 2.33 bits per heavy atom. The minimum absolute atomic E-state index is 0.162. The van der Waals surface area contributed by atoms with Gasteiger partial charge in [-0.25, -0.2) is 0 Å². The highest BCUT2D eigenvalue weighted by Crippen LogP contribution is 2.29. The lowest BCUT2D eigenvalue weighted by molar-refractivity contribution is -0.137. The van der Waals surface area contributed by atoms with Crippen LogP contribution >= 0.6 is 0 Å². The molecule has 1 aromatic heterocycles. The zero-order valence-electron chi connectivity index (χ0n) is 11.4. The van der Waals surface area contributed by atoms with Gasteiger partial charge in [0.15, 0.2) is 0 Å². The zero-order chi connectivity index (χ0) is 15.6. The van der Waals surface area contributed by atoms with Gasteiger partial charge in [-0.05, 0) is 38.1 Å². The molecule has 0 atom stereocenters. The summed E-state index contributed by atoms with van der Waals surface area (Å²) >= 11 is 0. The summed E-state index contributed by atoms with van der Waals surface area (Å²) in [6, 6.07) is 4.05. The first kappa shape index (κ1) is 15.1. The number of aryl methyl sites for hydroxylation is 2. The number of benzene rings is 1. The molecule has 1 amide bonds. The molecule has 0 aliphatic rings. The highest BCUT2D eigenvalue weighted by Gasteiger charge is 2.30. The SMILES string of the molecule is Cc1noc(C)c1CNC(=O)c1ccc(C(F)(F)F)cc1. The minimum Gasteiger partial charge on any atom is -0.361 e. The number of amides is 1. The Morgan fingerprint density at radius 2 is 1.86 bits per heavy atom. The molecular weight excluding hydrogens is 285 g/mol. The molecular formula is C14H13F3N2O2. The Labute approximate surface area is 118 Å². The summed E-state index contributed by atoms with van der Waals surface area (Å²) in [5, 5.41) is 6.38. The van der Waals surface area contributed by atoms with Gasteiger partial charge in [0, 0.05) is 17.7 Å². The molecule has 4 nitrogen and oxygen atoms in total. The second-order valence-electron chi connectivity index (χ2n) is 4.56. The smallest absolute Gasteiger partial charge is 0.361 e. The number of aromatic nitrogens is 1. The van der Waals surface area contributed by atoms with Crippen molar-refractivity contribution < 1.29 is 22.5 Å². The van der Waals surface area contributed by atoms with E-state index in [0.29, 0.717) is 11.5 Å². The van der Waals surface area contributed by atoms with Crippen molar-refractivity contribution in [3.8, 4) is 0 Å². The van der Waals surface area contributed by atoms with E-state index in [4.69, 9.17) is 4.52 Å². The molecule has 0 spiro atoms. The maximum absolute atomic E-state index is 12.4. The zero-order valence-corrected chi connectivity index (χ0v) is 11.4. The van der Waals surface area contributed by atoms with Crippen molar-refractivity contribution in [3.05, 3.63) is 52.4 Å². The van der Waals surface area contributed by atoms with E-state index in [0.717, 1.165) is 29.8 Å². The number of carbonyl (C=O) groups is 1. The molecule has 2 aromatic rings. The Balaban J connectivity index is 2.04. The molecule has 0 unspecified atom stereocenters. The molecule has 112 valence electrons. The van der Waals surface area contributed by atoms with Crippen LogP contribution in [0.4, 0.5) is 13.2 Å². The fraction of sp³-hybridized carbons (Fsp3) is 0.286. The number of hydrogen-bond donors (Lipinski definition) is 1. The van der Waals surface area contributed by atoms with Crippen LogP contribution in [0.15, 0.2) is 28.8 Å². The van der Waals surface area contributed by atoms with Gasteiger partial charge in [0.05, 0.1) is 11.3 Å². The second-order valence-corrected chi connectivity index (χ2v) is 4.56. The van der Waals surface area contributed by atoms with Gasteiger partial charge in [0.1, 0.15) is 5.76 Å². The van der Waals surface area contributed by atoms with Gasteiger partial charge >= 0.3 is 6.18 Å². The van der Waals surface area contributed by atoms with Gasteiger partial charge in [-0.3, -0.25) is 4.79 Å². The average molecular weight is 298 g/mol. The summed E-state index contributed by atoms with van der Waals surface area (Å²) in [5.41, 5.74) is 0.801. The molecule has 0 bridgehead atoms. The normalized spacial score (nSPS) is 11.5. The fourth-order valence-corrected chi connectivity index (χ4v) is 1.84. The van der Waals surface area contributed by atoms with Crippen LogP contribution in [0.3, 0.4) is 0 Å². The van der Waals surface area contributed by atoms with Crippen LogP contribution in [0, 0.1) is 13.8 Å². The standard InChI is InChI=1S/C14H13F3N2O2/c1-8-12(9(2)21-19-8)7-18-13(20)10-3-5-11(6-4-10)14(15,16)17/h3-6H,7H2,1-2H3,(H,18,20). The van der Waals surface area contributed by atoms with E-state index in [1.807, 2.05) is 0 Å². The third-order valence-corrected chi connectivity index (χ3v) is 3.08. The highest BCUT2D eigenvalue weighted by atomic mass is 19.4. The molecule has 1 heterocycles. The second kappa shape index (κ2) is 5.59. The number of nitrogens with zero attached hydrogens (tertiary/aromatic N) is 1. The van der Waals surface area contributed by atoms with Crippen molar-refractivity contribution in [2.75, 3.05) is 0 Å². The van der Waals surface area contributed by atoms with Crippen LogP contribution in [0.1, 0.15) is 32.9 Å². The Bertz CT molecular complexity index is 626. The highest BCUT2D eigenvalue weighted by molar-refractivity contribution is 5.94. The summed E-state index contributed by atoms with van der Waals surface area (Å²) in [7, 11) is 0. The molecule has 0 radical (unpaired) electrons. The first-order valence-corrected chi connectivity index (χ1v) is 6.16. The third-order valence-electron chi connectivity index (χ3n) is 3.08. The first-order valence-electron chi connectivity index (χ1n) is 6.16. The molecule has 0 aliphatic heterocycles. The number of hydrogen-bond acceptors (Lipinski definition) is 3. The van der Waals surface area contributed by atoms with Gasteiger partial charge in [0.2, 0.25) is 0 Å². The molecule has 0 fully saturated rings. The van der Waals surface area contributed by atoms with Crippen molar-refractivity contribution in [2.24, 2.45) is 0 Å². The number of rotatable bonds is 3. The molecule has 0 saturated carbocycles. The van der Waals surface area contributed by atoms with Gasteiger partial charge < -0.3 is 9.84 Å². The van der Waals surface area contributed by atoms with Gasteiger partial charge in [-0.1, -0.05) is 5.16 Å². The minimum atomic E-state index is -4.41.